The number of aryl methyl sites for hydroxylation is 1. The lowest BCUT2D eigenvalue weighted by Gasteiger charge is -2.53. The fraction of sp³-hybridized carbons (Fsp3) is 0.393. The van der Waals surface area contributed by atoms with Crippen LogP contribution in [0.15, 0.2) is 53.5 Å². The summed E-state index contributed by atoms with van der Waals surface area (Å²) >= 11 is 0. The van der Waals surface area contributed by atoms with Crippen LogP contribution >= 0.6 is 0 Å². The number of amidine groups is 1. The molecule has 3 aromatic rings. The first-order valence-corrected chi connectivity index (χ1v) is 12.9. The van der Waals surface area contributed by atoms with E-state index >= 15 is 0 Å². The number of nitrogens with zero attached hydrogens (tertiary/aromatic N) is 5. The van der Waals surface area contributed by atoms with Crippen LogP contribution in [0.25, 0.3) is 11.8 Å². The van der Waals surface area contributed by atoms with Gasteiger partial charge in [0.05, 0.1) is 32.5 Å². The number of oxime groups is 1. The Morgan fingerprint density at radius 1 is 1.18 bits per heavy atom. The minimum atomic E-state index is -0.565. The molecule has 2 saturated heterocycles. The van der Waals surface area contributed by atoms with E-state index in [4.69, 9.17) is 14.3 Å². The minimum Gasteiger partial charge on any atom is -0.491 e. The molecule has 10 heteroatoms. The predicted molar refractivity (Wildman–Crippen MR) is 136 cm³/mol. The van der Waals surface area contributed by atoms with Crippen LogP contribution < -0.4 is 4.74 Å². The highest BCUT2D eigenvalue weighted by molar-refractivity contribution is 6.03. The molecule has 2 unspecified atom stereocenters. The van der Waals surface area contributed by atoms with E-state index in [1.54, 1.807) is 23.1 Å². The molecular formula is C28H28FN5O4. The van der Waals surface area contributed by atoms with Crippen LogP contribution in [-0.2, 0) is 16.0 Å². The summed E-state index contributed by atoms with van der Waals surface area (Å²) in [6.07, 6.45) is 4.90. The summed E-state index contributed by atoms with van der Waals surface area (Å²) in [5.74, 6) is 1.96. The summed E-state index contributed by atoms with van der Waals surface area (Å²) in [5.41, 5.74) is 4.92. The van der Waals surface area contributed by atoms with Gasteiger partial charge >= 0.3 is 0 Å². The lowest BCUT2D eigenvalue weighted by Crippen LogP contribution is -2.60. The van der Waals surface area contributed by atoms with Gasteiger partial charge in [0.1, 0.15) is 29.4 Å². The lowest BCUT2D eigenvalue weighted by atomic mass is 9.74. The third-order valence-electron chi connectivity index (χ3n) is 7.86. The van der Waals surface area contributed by atoms with Crippen molar-refractivity contribution in [3.63, 3.8) is 0 Å². The summed E-state index contributed by atoms with van der Waals surface area (Å²) in [4.78, 5) is 12.3. The van der Waals surface area contributed by atoms with Gasteiger partial charge in [0, 0.05) is 23.9 Å². The van der Waals surface area contributed by atoms with Gasteiger partial charge in [0.15, 0.2) is 11.9 Å². The molecule has 0 saturated carbocycles. The van der Waals surface area contributed by atoms with Crippen LogP contribution in [0.4, 0.5) is 4.39 Å². The number of aliphatic hydroxyl groups excluding tert-OH is 1. The molecular weight excluding hydrogens is 489 g/mol. The molecule has 0 aliphatic carbocycles. The van der Waals surface area contributed by atoms with Crippen LogP contribution in [0.2, 0.25) is 0 Å². The Labute approximate surface area is 219 Å². The summed E-state index contributed by atoms with van der Waals surface area (Å²) in [6.45, 7) is 4.29. The zero-order chi connectivity index (χ0) is 25.9. The number of halogens is 1. The molecule has 1 spiro atoms. The molecule has 9 nitrogen and oxygen atoms in total. The van der Waals surface area contributed by atoms with Crippen molar-refractivity contribution >= 4 is 11.9 Å². The molecule has 0 amide bonds. The first-order chi connectivity index (χ1) is 18.5. The van der Waals surface area contributed by atoms with Crippen LogP contribution in [0.5, 0.6) is 5.75 Å². The molecule has 0 bridgehead atoms. The number of rotatable bonds is 4. The fourth-order valence-corrected chi connectivity index (χ4v) is 6.03. The van der Waals surface area contributed by atoms with Gasteiger partial charge in [0.25, 0.3) is 0 Å². The molecule has 1 aromatic heterocycles. The Bertz CT molecular complexity index is 1450. The first-order valence-electron chi connectivity index (χ1n) is 12.9. The van der Waals surface area contributed by atoms with Gasteiger partial charge < -0.3 is 24.3 Å². The van der Waals surface area contributed by atoms with Gasteiger partial charge in [-0.2, -0.15) is 5.10 Å². The van der Waals surface area contributed by atoms with E-state index in [-0.39, 0.29) is 23.9 Å². The fourth-order valence-electron chi connectivity index (χ4n) is 6.03. The molecule has 5 heterocycles. The molecule has 2 aromatic carbocycles. The van der Waals surface area contributed by atoms with Crippen molar-refractivity contribution in [2.75, 3.05) is 33.0 Å². The second kappa shape index (κ2) is 8.92. The van der Waals surface area contributed by atoms with Crippen LogP contribution in [0.3, 0.4) is 0 Å². The third kappa shape index (κ3) is 3.78. The van der Waals surface area contributed by atoms with Gasteiger partial charge in [-0.15, -0.1) is 0 Å². The predicted octanol–water partition coefficient (Wildman–Crippen LogP) is 3.20. The van der Waals surface area contributed by atoms with Gasteiger partial charge in [-0.25, -0.2) is 14.1 Å². The Balaban J connectivity index is 1.31. The molecule has 2 fully saturated rings. The normalized spacial score (nSPS) is 24.3. The topological polar surface area (TPSA) is 94.2 Å². The largest absolute Gasteiger partial charge is 0.491 e. The number of aromatic nitrogens is 3. The van der Waals surface area contributed by atoms with E-state index in [2.05, 4.69) is 32.3 Å². The molecule has 38 heavy (non-hydrogen) atoms. The first kappa shape index (κ1) is 23.4. The smallest absolute Gasteiger partial charge is 0.174 e. The highest BCUT2D eigenvalue weighted by Crippen LogP contribution is 2.46. The minimum absolute atomic E-state index is 0.0572. The van der Waals surface area contributed by atoms with Crippen molar-refractivity contribution in [1.82, 2.24) is 19.7 Å². The molecule has 0 radical (unpaired) electrons. The van der Waals surface area contributed by atoms with Gasteiger partial charge in [-0.3, -0.25) is 0 Å². The highest BCUT2D eigenvalue weighted by Gasteiger charge is 2.50. The van der Waals surface area contributed by atoms with E-state index in [0.717, 1.165) is 58.9 Å². The number of ether oxygens (including phenoxy) is 2. The van der Waals surface area contributed by atoms with Crippen LogP contribution in [0, 0.1) is 18.2 Å². The summed E-state index contributed by atoms with van der Waals surface area (Å²) in [5, 5.41) is 19.1. The number of aliphatic hydroxyl groups is 1. The molecule has 7 rings (SSSR count). The zero-order valence-electron chi connectivity index (χ0n) is 21.0. The molecule has 4 aliphatic heterocycles. The standard InChI is InChI=1S/C28H28FN5O4/c1-17-30-16-34(31-17)23-7-4-19(22-8-9-37-26(22)23)10-20-11-28(14-36-15-28)13-33-25(18-2-5-21(29)6-3-18)24(12-35)38-32-27(20)33/h2-7,10,16,24-25,35H,8-9,11-15H2,1H3/b20-10+. The summed E-state index contributed by atoms with van der Waals surface area (Å²) in [6, 6.07) is 10.2. The van der Waals surface area contributed by atoms with Crippen LogP contribution in [-0.4, -0.2) is 69.7 Å². The number of fused-ring (bicyclic) bond motifs is 2. The van der Waals surface area contributed by atoms with E-state index < -0.39 is 6.10 Å². The van der Waals surface area contributed by atoms with Gasteiger partial charge in [-0.05, 0) is 54.3 Å². The monoisotopic (exact) mass is 517 g/mol. The van der Waals surface area contributed by atoms with Crippen molar-refractivity contribution in [2.24, 2.45) is 10.6 Å². The third-order valence-corrected chi connectivity index (χ3v) is 7.86. The summed E-state index contributed by atoms with van der Waals surface area (Å²) < 4.78 is 27.2. The van der Waals surface area contributed by atoms with E-state index in [9.17, 15) is 9.50 Å². The maximum Gasteiger partial charge on any atom is 0.174 e. The number of piperidine rings is 1. The van der Waals surface area contributed by atoms with E-state index in [0.29, 0.717) is 25.6 Å². The maximum absolute atomic E-state index is 13.7. The quantitative estimate of drug-likeness (QED) is 0.568. The highest BCUT2D eigenvalue weighted by atomic mass is 19.1. The Kier molecular flexibility index (Phi) is 5.48. The lowest BCUT2D eigenvalue weighted by molar-refractivity contribution is -0.139. The van der Waals surface area contributed by atoms with Crippen molar-refractivity contribution < 1.29 is 23.8 Å². The summed E-state index contributed by atoms with van der Waals surface area (Å²) in [7, 11) is 0. The molecule has 196 valence electrons. The van der Waals surface area contributed by atoms with Crippen molar-refractivity contribution in [3.05, 3.63) is 76.6 Å². The molecule has 4 aliphatic rings. The Hall–Kier alpha value is -3.76. The van der Waals surface area contributed by atoms with E-state index in [1.165, 1.54) is 12.1 Å². The Morgan fingerprint density at radius 3 is 2.74 bits per heavy atom. The molecule has 2 atom stereocenters. The number of hydrogen-bond acceptors (Lipinski definition) is 8. The van der Waals surface area contributed by atoms with Crippen molar-refractivity contribution in [2.45, 2.75) is 31.9 Å². The second-order valence-corrected chi connectivity index (χ2v) is 10.5. The second-order valence-electron chi connectivity index (χ2n) is 10.5. The van der Waals surface area contributed by atoms with Gasteiger partial charge in [-0.1, -0.05) is 23.4 Å². The average Bonchev–Trinajstić information content (AvgIpc) is 3.57. The average molecular weight is 518 g/mol. The van der Waals surface area contributed by atoms with Crippen LogP contribution in [0.1, 0.15) is 35.0 Å². The Morgan fingerprint density at radius 2 is 2.03 bits per heavy atom. The zero-order valence-corrected chi connectivity index (χ0v) is 21.0. The van der Waals surface area contributed by atoms with E-state index in [1.807, 2.05) is 13.0 Å². The number of hydrogen-bond donors (Lipinski definition) is 1. The van der Waals surface area contributed by atoms with Crippen molar-refractivity contribution in [1.29, 1.82) is 0 Å². The van der Waals surface area contributed by atoms with Crippen molar-refractivity contribution in [3.8, 4) is 11.4 Å². The maximum atomic E-state index is 13.7. The number of benzene rings is 2. The van der Waals surface area contributed by atoms with Gasteiger partial charge in [0.2, 0.25) is 0 Å². The SMILES string of the molecule is Cc1ncn(-c2ccc(/C=C3\CC4(COC4)CN4C3=NOC(CO)C4c3ccc(F)cc3)c3c2OCC3)n1. The molecule has 1 N–H and O–H groups in total.